The third-order valence-electron chi connectivity index (χ3n) is 2.55. The van der Waals surface area contributed by atoms with Crippen molar-refractivity contribution >= 4 is 33.1 Å². The van der Waals surface area contributed by atoms with Gasteiger partial charge in [-0.25, -0.2) is 0 Å². The Morgan fingerprint density at radius 3 is 2.50 bits per heavy atom. The summed E-state index contributed by atoms with van der Waals surface area (Å²) in [6, 6.07) is 8.21. The van der Waals surface area contributed by atoms with Crippen molar-refractivity contribution in [3.63, 3.8) is 0 Å². The molecule has 0 fully saturated rings. The van der Waals surface area contributed by atoms with Gasteiger partial charge in [0.25, 0.3) is 0 Å². The number of ether oxygens (including phenoxy) is 1. The summed E-state index contributed by atoms with van der Waals surface area (Å²) in [4.78, 5) is 2.72. The molecule has 0 aromatic heterocycles. The molecular weight excluding hydrogens is 312 g/mol. The minimum atomic E-state index is 0.403. The first-order chi connectivity index (χ1) is 8.49. The molecule has 0 saturated heterocycles. The number of nitrogens with two attached hydrogens (primary N) is 1. The van der Waals surface area contributed by atoms with Gasteiger partial charge in [-0.3, -0.25) is 4.90 Å². The topological polar surface area (TPSA) is 38.5 Å². The summed E-state index contributed by atoms with van der Waals surface area (Å²) in [5, 5.41) is 0. The Kier molecular flexibility index (Phi) is 6.60. The lowest BCUT2D eigenvalue weighted by Gasteiger charge is -2.25. The summed E-state index contributed by atoms with van der Waals surface area (Å²) in [5.74, 6) is 0.872. The standard InChI is InChI=1S/C13H19BrN2OS/c1-10(2)16(9-13(15)18)7-8-17-12-5-3-11(14)4-6-12/h3-6,10H,7-9H2,1-2H3,(H2,15,18). The van der Waals surface area contributed by atoms with Crippen molar-refractivity contribution in [1.29, 1.82) is 0 Å². The second kappa shape index (κ2) is 7.71. The van der Waals surface area contributed by atoms with Crippen LogP contribution >= 0.6 is 28.1 Å². The van der Waals surface area contributed by atoms with Crippen LogP contribution in [0, 0.1) is 0 Å². The number of thiocarbonyl (C=S) groups is 1. The normalized spacial score (nSPS) is 10.9. The van der Waals surface area contributed by atoms with Crippen molar-refractivity contribution in [3.05, 3.63) is 28.7 Å². The van der Waals surface area contributed by atoms with E-state index in [0.29, 0.717) is 24.2 Å². The highest BCUT2D eigenvalue weighted by Gasteiger charge is 2.10. The lowest BCUT2D eigenvalue weighted by atomic mass is 10.3. The van der Waals surface area contributed by atoms with Gasteiger partial charge < -0.3 is 10.5 Å². The van der Waals surface area contributed by atoms with Crippen LogP contribution in [-0.4, -0.2) is 35.6 Å². The molecule has 0 saturated carbocycles. The van der Waals surface area contributed by atoms with E-state index >= 15 is 0 Å². The molecule has 18 heavy (non-hydrogen) atoms. The second-order valence-electron chi connectivity index (χ2n) is 4.33. The Balaban J connectivity index is 2.38. The third kappa shape index (κ3) is 5.80. The van der Waals surface area contributed by atoms with E-state index in [0.717, 1.165) is 16.8 Å². The van der Waals surface area contributed by atoms with E-state index in [1.165, 1.54) is 0 Å². The zero-order valence-electron chi connectivity index (χ0n) is 10.7. The number of nitrogens with zero attached hydrogens (tertiary/aromatic N) is 1. The van der Waals surface area contributed by atoms with E-state index in [1.807, 2.05) is 24.3 Å². The van der Waals surface area contributed by atoms with Gasteiger partial charge in [0.15, 0.2) is 0 Å². The van der Waals surface area contributed by atoms with Crippen molar-refractivity contribution in [2.45, 2.75) is 19.9 Å². The minimum Gasteiger partial charge on any atom is -0.492 e. The van der Waals surface area contributed by atoms with Crippen molar-refractivity contribution in [1.82, 2.24) is 4.90 Å². The molecule has 0 amide bonds. The average molecular weight is 331 g/mol. The monoisotopic (exact) mass is 330 g/mol. The van der Waals surface area contributed by atoms with E-state index in [4.69, 9.17) is 22.7 Å². The zero-order chi connectivity index (χ0) is 13.5. The first-order valence-electron chi connectivity index (χ1n) is 5.89. The molecule has 5 heteroatoms. The SMILES string of the molecule is CC(C)N(CCOc1ccc(Br)cc1)CC(N)=S. The highest BCUT2D eigenvalue weighted by atomic mass is 79.9. The molecule has 0 aliphatic carbocycles. The molecule has 0 radical (unpaired) electrons. The Bertz CT molecular complexity index is 381. The maximum absolute atomic E-state index is 5.68. The second-order valence-corrected chi connectivity index (χ2v) is 5.77. The van der Waals surface area contributed by atoms with Gasteiger partial charge in [0, 0.05) is 23.6 Å². The Morgan fingerprint density at radius 2 is 2.00 bits per heavy atom. The van der Waals surface area contributed by atoms with Crippen LogP contribution in [0.15, 0.2) is 28.7 Å². The quantitative estimate of drug-likeness (QED) is 0.780. The van der Waals surface area contributed by atoms with Crippen LogP contribution in [0.5, 0.6) is 5.75 Å². The summed E-state index contributed by atoms with van der Waals surface area (Å²) >= 11 is 8.33. The number of hydrogen-bond donors (Lipinski definition) is 1. The largest absolute Gasteiger partial charge is 0.492 e. The summed E-state index contributed by atoms with van der Waals surface area (Å²) in [6.07, 6.45) is 0. The third-order valence-corrected chi connectivity index (χ3v) is 3.21. The smallest absolute Gasteiger partial charge is 0.119 e. The van der Waals surface area contributed by atoms with Gasteiger partial charge in [-0.2, -0.15) is 0 Å². The van der Waals surface area contributed by atoms with Crippen LogP contribution in [-0.2, 0) is 0 Å². The van der Waals surface area contributed by atoms with Crippen molar-refractivity contribution < 1.29 is 4.74 Å². The molecule has 0 atom stereocenters. The molecule has 1 aromatic rings. The highest BCUT2D eigenvalue weighted by molar-refractivity contribution is 9.10. The van der Waals surface area contributed by atoms with E-state index < -0.39 is 0 Å². The zero-order valence-corrected chi connectivity index (χ0v) is 13.1. The van der Waals surface area contributed by atoms with Crippen LogP contribution in [0.4, 0.5) is 0 Å². The van der Waals surface area contributed by atoms with Gasteiger partial charge in [0.05, 0.1) is 4.99 Å². The van der Waals surface area contributed by atoms with Gasteiger partial charge >= 0.3 is 0 Å². The Labute approximate surface area is 122 Å². The molecule has 0 spiro atoms. The predicted molar refractivity (Wildman–Crippen MR) is 83.1 cm³/mol. The molecule has 2 N–H and O–H groups in total. The van der Waals surface area contributed by atoms with Crippen molar-refractivity contribution in [3.8, 4) is 5.75 Å². The summed E-state index contributed by atoms with van der Waals surface area (Å²) in [7, 11) is 0. The van der Waals surface area contributed by atoms with Crippen molar-refractivity contribution in [2.24, 2.45) is 5.73 Å². The molecule has 0 aliphatic rings. The summed E-state index contributed by atoms with van der Waals surface area (Å²) < 4.78 is 6.72. The summed E-state index contributed by atoms with van der Waals surface area (Å²) in [5.41, 5.74) is 5.57. The van der Waals surface area contributed by atoms with E-state index in [-0.39, 0.29) is 0 Å². The highest BCUT2D eigenvalue weighted by Crippen LogP contribution is 2.16. The molecule has 0 unspecified atom stereocenters. The van der Waals surface area contributed by atoms with E-state index in [9.17, 15) is 0 Å². The molecular formula is C13H19BrN2OS. The predicted octanol–water partition coefficient (Wildman–Crippen LogP) is 2.82. The molecule has 3 nitrogen and oxygen atoms in total. The molecule has 100 valence electrons. The number of benzene rings is 1. The Morgan fingerprint density at radius 1 is 1.39 bits per heavy atom. The number of hydrogen-bond acceptors (Lipinski definition) is 3. The van der Waals surface area contributed by atoms with Crippen LogP contribution < -0.4 is 10.5 Å². The lowest BCUT2D eigenvalue weighted by Crippen LogP contribution is -2.40. The first kappa shape index (κ1) is 15.4. The van der Waals surface area contributed by atoms with Crippen LogP contribution in [0.25, 0.3) is 0 Å². The Hall–Kier alpha value is -0.650. The van der Waals surface area contributed by atoms with Crippen LogP contribution in [0.2, 0.25) is 0 Å². The van der Waals surface area contributed by atoms with Gasteiger partial charge in [-0.15, -0.1) is 0 Å². The maximum atomic E-state index is 5.68. The average Bonchev–Trinajstić information content (AvgIpc) is 2.29. The van der Waals surface area contributed by atoms with Crippen molar-refractivity contribution in [2.75, 3.05) is 19.7 Å². The fraction of sp³-hybridized carbons (Fsp3) is 0.462. The van der Waals surface area contributed by atoms with E-state index in [1.54, 1.807) is 0 Å². The molecule has 1 aromatic carbocycles. The number of rotatable bonds is 7. The molecule has 0 bridgehead atoms. The number of halogens is 1. The van der Waals surface area contributed by atoms with Crippen LogP contribution in [0.1, 0.15) is 13.8 Å². The van der Waals surface area contributed by atoms with E-state index in [2.05, 4.69) is 34.7 Å². The summed E-state index contributed by atoms with van der Waals surface area (Å²) in [6.45, 7) is 6.32. The molecule has 0 heterocycles. The van der Waals surface area contributed by atoms with Gasteiger partial charge in [-0.05, 0) is 38.1 Å². The van der Waals surface area contributed by atoms with Gasteiger partial charge in [0.1, 0.15) is 12.4 Å². The van der Waals surface area contributed by atoms with Crippen LogP contribution in [0.3, 0.4) is 0 Å². The first-order valence-corrected chi connectivity index (χ1v) is 7.10. The fourth-order valence-electron chi connectivity index (χ4n) is 1.53. The van der Waals surface area contributed by atoms with Gasteiger partial charge in [-0.1, -0.05) is 28.1 Å². The molecule has 1 rings (SSSR count). The maximum Gasteiger partial charge on any atom is 0.119 e. The fourth-order valence-corrected chi connectivity index (χ4v) is 1.96. The molecule has 0 aliphatic heterocycles. The lowest BCUT2D eigenvalue weighted by molar-refractivity contribution is 0.196. The van der Waals surface area contributed by atoms with Gasteiger partial charge in [0.2, 0.25) is 0 Å². The minimum absolute atomic E-state index is 0.403.